The van der Waals surface area contributed by atoms with Crippen LogP contribution in [0.1, 0.15) is 34.2 Å². The fourth-order valence-corrected chi connectivity index (χ4v) is 2.91. The van der Waals surface area contributed by atoms with Crippen molar-refractivity contribution in [2.75, 3.05) is 6.54 Å². The minimum absolute atomic E-state index is 0.123. The molecule has 4 heterocycles. The third-order valence-electron chi connectivity index (χ3n) is 4.15. The van der Waals surface area contributed by atoms with Gasteiger partial charge in [-0.05, 0) is 37.1 Å². The Balaban J connectivity index is 1.76. The first-order valence-corrected chi connectivity index (χ1v) is 7.72. The van der Waals surface area contributed by atoms with Crippen LogP contribution >= 0.6 is 0 Å². The minimum Gasteiger partial charge on any atom is -0.332 e. The summed E-state index contributed by atoms with van der Waals surface area (Å²) in [5, 5.41) is 14.1. The summed E-state index contributed by atoms with van der Waals surface area (Å²) in [6, 6.07) is 1.61. The molecule has 0 aliphatic carbocycles. The Morgan fingerprint density at radius 2 is 2.25 bits per heavy atom. The first-order chi connectivity index (χ1) is 11.6. The Morgan fingerprint density at radius 1 is 1.38 bits per heavy atom. The quantitative estimate of drug-likeness (QED) is 0.705. The average Bonchev–Trinajstić information content (AvgIpc) is 3.24. The van der Waals surface area contributed by atoms with E-state index in [4.69, 9.17) is 4.52 Å². The predicted octanol–water partition coefficient (Wildman–Crippen LogP) is 1.68. The van der Waals surface area contributed by atoms with Crippen LogP contribution in [-0.4, -0.2) is 37.6 Å². The van der Waals surface area contributed by atoms with E-state index < -0.39 is 0 Å². The number of pyridine rings is 1. The van der Waals surface area contributed by atoms with Crippen LogP contribution in [0, 0.1) is 6.92 Å². The molecule has 2 N–H and O–H groups in total. The van der Waals surface area contributed by atoms with E-state index in [9.17, 15) is 4.79 Å². The van der Waals surface area contributed by atoms with Gasteiger partial charge in [-0.15, -0.1) is 0 Å². The lowest BCUT2D eigenvalue weighted by atomic mass is 9.95. The molecule has 8 heteroatoms. The highest BCUT2D eigenvalue weighted by atomic mass is 16.5. The molecule has 8 nitrogen and oxygen atoms in total. The summed E-state index contributed by atoms with van der Waals surface area (Å²) >= 11 is 0. The molecule has 0 fully saturated rings. The van der Waals surface area contributed by atoms with Crippen LogP contribution in [0.4, 0.5) is 0 Å². The SMILES string of the molecule is CC(=O)c1cc(-c2nc(-c3c(C)ncc4c3CCNC4)no2)[nH]n1. The van der Waals surface area contributed by atoms with Crippen molar-refractivity contribution in [3.05, 3.63) is 34.8 Å². The van der Waals surface area contributed by atoms with E-state index in [2.05, 4.69) is 30.6 Å². The lowest BCUT2D eigenvalue weighted by Gasteiger charge is -2.19. The molecule has 0 spiro atoms. The number of carbonyl (C=O) groups excluding carboxylic acids is 1. The van der Waals surface area contributed by atoms with Crippen LogP contribution in [0.15, 0.2) is 16.8 Å². The average molecular weight is 324 g/mol. The van der Waals surface area contributed by atoms with E-state index in [-0.39, 0.29) is 5.78 Å². The maximum atomic E-state index is 11.4. The molecule has 0 amide bonds. The Labute approximate surface area is 137 Å². The van der Waals surface area contributed by atoms with E-state index in [0.717, 1.165) is 36.3 Å². The first kappa shape index (κ1) is 14.7. The molecule has 0 saturated heterocycles. The number of Topliss-reactive ketones (excluding diaryl/α,β-unsaturated/α-hetero) is 1. The fraction of sp³-hybridized carbons (Fsp3) is 0.312. The van der Waals surface area contributed by atoms with Gasteiger partial charge in [-0.3, -0.25) is 14.9 Å². The number of ketones is 1. The maximum absolute atomic E-state index is 11.4. The number of hydrogen-bond acceptors (Lipinski definition) is 7. The number of nitrogens with one attached hydrogen (secondary N) is 2. The molecule has 3 aromatic rings. The van der Waals surface area contributed by atoms with Gasteiger partial charge in [0.25, 0.3) is 5.89 Å². The molecule has 0 unspecified atom stereocenters. The largest absolute Gasteiger partial charge is 0.332 e. The van der Waals surface area contributed by atoms with Crippen LogP contribution in [0.2, 0.25) is 0 Å². The Hall–Kier alpha value is -2.87. The summed E-state index contributed by atoms with van der Waals surface area (Å²) in [6.07, 6.45) is 2.80. The van der Waals surface area contributed by atoms with Gasteiger partial charge in [0.2, 0.25) is 5.82 Å². The summed E-state index contributed by atoms with van der Waals surface area (Å²) in [4.78, 5) is 20.3. The van der Waals surface area contributed by atoms with Crippen molar-refractivity contribution in [1.29, 1.82) is 0 Å². The molecule has 0 saturated carbocycles. The van der Waals surface area contributed by atoms with Crippen molar-refractivity contribution < 1.29 is 9.32 Å². The number of rotatable bonds is 3. The van der Waals surface area contributed by atoms with Crippen molar-refractivity contribution in [3.63, 3.8) is 0 Å². The molecule has 4 rings (SSSR count). The fourth-order valence-electron chi connectivity index (χ4n) is 2.91. The molecule has 3 aromatic heterocycles. The number of aromatic amines is 1. The molecule has 1 aliphatic rings. The Morgan fingerprint density at radius 3 is 3.04 bits per heavy atom. The van der Waals surface area contributed by atoms with Crippen molar-refractivity contribution in [3.8, 4) is 23.0 Å². The van der Waals surface area contributed by atoms with Crippen LogP contribution in [0.3, 0.4) is 0 Å². The molecule has 0 radical (unpaired) electrons. The molecule has 0 aromatic carbocycles. The van der Waals surface area contributed by atoms with Crippen LogP contribution < -0.4 is 5.32 Å². The van der Waals surface area contributed by atoms with Crippen molar-refractivity contribution in [2.24, 2.45) is 0 Å². The highest BCUT2D eigenvalue weighted by Gasteiger charge is 2.22. The third-order valence-corrected chi connectivity index (χ3v) is 4.15. The first-order valence-electron chi connectivity index (χ1n) is 7.72. The van der Waals surface area contributed by atoms with Gasteiger partial charge in [0, 0.05) is 30.9 Å². The minimum atomic E-state index is -0.123. The molecule has 1 aliphatic heterocycles. The number of H-pyrrole nitrogens is 1. The van der Waals surface area contributed by atoms with Crippen LogP contribution in [-0.2, 0) is 13.0 Å². The van der Waals surface area contributed by atoms with Gasteiger partial charge in [-0.1, -0.05) is 5.16 Å². The summed E-state index contributed by atoms with van der Waals surface area (Å²) < 4.78 is 5.36. The predicted molar refractivity (Wildman–Crippen MR) is 85.3 cm³/mol. The summed E-state index contributed by atoms with van der Waals surface area (Å²) in [5.74, 6) is 0.686. The van der Waals surface area contributed by atoms with Gasteiger partial charge in [0.1, 0.15) is 11.4 Å². The van der Waals surface area contributed by atoms with Crippen LogP contribution in [0.25, 0.3) is 23.0 Å². The van der Waals surface area contributed by atoms with Crippen molar-refractivity contribution in [1.82, 2.24) is 30.6 Å². The Kier molecular flexibility index (Phi) is 3.46. The third kappa shape index (κ3) is 2.41. The number of nitrogens with zero attached hydrogens (tertiary/aromatic N) is 4. The number of carbonyl (C=O) groups is 1. The number of hydrogen-bond donors (Lipinski definition) is 2. The summed E-state index contributed by atoms with van der Waals surface area (Å²) in [7, 11) is 0. The molecule has 122 valence electrons. The van der Waals surface area contributed by atoms with Gasteiger partial charge in [0.15, 0.2) is 5.78 Å². The van der Waals surface area contributed by atoms with Crippen molar-refractivity contribution >= 4 is 5.78 Å². The summed E-state index contributed by atoms with van der Waals surface area (Å²) in [5.41, 5.74) is 5.03. The lowest BCUT2D eigenvalue weighted by Crippen LogP contribution is -2.24. The summed E-state index contributed by atoms with van der Waals surface area (Å²) in [6.45, 7) is 5.11. The second-order valence-corrected chi connectivity index (χ2v) is 5.80. The number of aromatic nitrogens is 5. The second-order valence-electron chi connectivity index (χ2n) is 5.80. The molecule has 0 bridgehead atoms. The Bertz CT molecular complexity index is 927. The topological polar surface area (TPSA) is 110 Å². The highest BCUT2D eigenvalue weighted by Crippen LogP contribution is 2.30. The van der Waals surface area contributed by atoms with E-state index in [1.54, 1.807) is 6.07 Å². The second kappa shape index (κ2) is 5.64. The van der Waals surface area contributed by atoms with Gasteiger partial charge in [-0.25, -0.2) is 0 Å². The van der Waals surface area contributed by atoms with E-state index in [1.807, 2.05) is 13.1 Å². The highest BCUT2D eigenvalue weighted by molar-refractivity contribution is 5.92. The zero-order chi connectivity index (χ0) is 16.7. The number of aryl methyl sites for hydroxylation is 1. The van der Waals surface area contributed by atoms with Gasteiger partial charge < -0.3 is 9.84 Å². The molecule has 0 atom stereocenters. The van der Waals surface area contributed by atoms with E-state index in [0.29, 0.717) is 23.1 Å². The zero-order valence-corrected chi connectivity index (χ0v) is 13.4. The van der Waals surface area contributed by atoms with Crippen molar-refractivity contribution in [2.45, 2.75) is 26.8 Å². The standard InChI is InChI=1S/C16H16N6O2/c1-8-14(11-3-4-17-6-10(11)7-18-8)15-19-16(24-22-15)13-5-12(9(2)23)20-21-13/h5,7,17H,3-4,6H2,1-2H3,(H,20,21). The molecular weight excluding hydrogens is 308 g/mol. The molecule has 24 heavy (non-hydrogen) atoms. The maximum Gasteiger partial charge on any atom is 0.276 e. The lowest BCUT2D eigenvalue weighted by molar-refractivity contribution is 0.101. The van der Waals surface area contributed by atoms with E-state index >= 15 is 0 Å². The normalized spacial score (nSPS) is 13.8. The van der Waals surface area contributed by atoms with Gasteiger partial charge in [-0.2, -0.15) is 10.1 Å². The molecular formula is C16H16N6O2. The zero-order valence-electron chi connectivity index (χ0n) is 13.4. The smallest absolute Gasteiger partial charge is 0.276 e. The van der Waals surface area contributed by atoms with Crippen LogP contribution in [0.5, 0.6) is 0 Å². The van der Waals surface area contributed by atoms with E-state index in [1.165, 1.54) is 12.5 Å². The van der Waals surface area contributed by atoms with Gasteiger partial charge >= 0.3 is 0 Å². The number of fused-ring (bicyclic) bond motifs is 1. The monoisotopic (exact) mass is 324 g/mol. The van der Waals surface area contributed by atoms with Gasteiger partial charge in [0.05, 0.1) is 0 Å².